The number of morpholine rings is 1. The summed E-state index contributed by atoms with van der Waals surface area (Å²) in [6, 6.07) is 5.15. The highest BCUT2D eigenvalue weighted by Crippen LogP contribution is 2.27. The highest BCUT2D eigenvalue weighted by atomic mass is 16.5. The zero-order valence-corrected chi connectivity index (χ0v) is 11.7. The average molecular weight is 280 g/mol. The molecule has 0 aromatic heterocycles. The number of ether oxygens (including phenoxy) is 2. The van der Waals surface area contributed by atoms with Gasteiger partial charge in [-0.25, -0.2) is 4.79 Å². The van der Waals surface area contributed by atoms with Gasteiger partial charge in [0.05, 0.1) is 37.2 Å². The van der Waals surface area contributed by atoms with Crippen molar-refractivity contribution in [1.29, 1.82) is 0 Å². The third-order valence-electron chi connectivity index (χ3n) is 3.30. The fourth-order valence-electron chi connectivity index (χ4n) is 2.45. The Labute approximate surface area is 118 Å². The van der Waals surface area contributed by atoms with Crippen molar-refractivity contribution < 1.29 is 19.4 Å². The number of aliphatic hydroxyl groups excluding tert-OH is 1. The Morgan fingerprint density at radius 3 is 2.95 bits per heavy atom. The second-order valence-corrected chi connectivity index (χ2v) is 4.92. The van der Waals surface area contributed by atoms with Gasteiger partial charge in [-0.15, -0.1) is 0 Å². The fraction of sp³-hybridized carbons (Fsp3) is 0.500. The Morgan fingerprint density at radius 2 is 2.30 bits per heavy atom. The lowest BCUT2D eigenvalue weighted by atomic mass is 10.1. The third kappa shape index (κ3) is 3.02. The summed E-state index contributed by atoms with van der Waals surface area (Å²) in [6.45, 7) is 3.05. The van der Waals surface area contributed by atoms with Crippen LogP contribution in [0.3, 0.4) is 0 Å². The topological polar surface area (TPSA) is 85.0 Å². The molecule has 1 aromatic carbocycles. The molecular formula is C14H20N2O4. The molecule has 1 aliphatic heterocycles. The van der Waals surface area contributed by atoms with Gasteiger partial charge in [0.15, 0.2) is 0 Å². The SMILES string of the molecule is COC(=O)c1cc(N)ccc1N1CC(C)OC(CO)C1. The summed E-state index contributed by atoms with van der Waals surface area (Å²) in [6.07, 6.45) is -0.286. The van der Waals surface area contributed by atoms with Gasteiger partial charge in [-0.3, -0.25) is 0 Å². The van der Waals surface area contributed by atoms with Crippen molar-refractivity contribution >= 4 is 17.3 Å². The summed E-state index contributed by atoms with van der Waals surface area (Å²) in [5, 5.41) is 9.28. The van der Waals surface area contributed by atoms with E-state index in [2.05, 4.69) is 0 Å². The lowest BCUT2D eigenvalue weighted by Crippen LogP contribution is -2.48. The lowest BCUT2D eigenvalue weighted by molar-refractivity contribution is -0.0421. The summed E-state index contributed by atoms with van der Waals surface area (Å²) in [7, 11) is 1.34. The molecular weight excluding hydrogens is 260 g/mol. The molecule has 0 amide bonds. The lowest BCUT2D eigenvalue weighted by Gasteiger charge is -2.38. The predicted octanol–water partition coefficient (Wildman–Crippen LogP) is 0.641. The molecule has 1 fully saturated rings. The van der Waals surface area contributed by atoms with Crippen LogP contribution in [0.1, 0.15) is 17.3 Å². The molecule has 0 radical (unpaired) electrons. The van der Waals surface area contributed by atoms with Gasteiger partial charge in [-0.05, 0) is 25.1 Å². The molecule has 3 N–H and O–H groups in total. The molecule has 2 rings (SSSR count). The first-order valence-corrected chi connectivity index (χ1v) is 6.54. The molecule has 2 atom stereocenters. The zero-order valence-electron chi connectivity index (χ0n) is 11.7. The van der Waals surface area contributed by atoms with Crippen LogP contribution >= 0.6 is 0 Å². The second-order valence-electron chi connectivity index (χ2n) is 4.92. The maximum absolute atomic E-state index is 11.9. The van der Waals surface area contributed by atoms with E-state index in [4.69, 9.17) is 15.2 Å². The van der Waals surface area contributed by atoms with E-state index in [0.717, 1.165) is 5.69 Å². The molecule has 1 heterocycles. The normalized spacial score (nSPS) is 22.6. The molecule has 2 unspecified atom stereocenters. The van der Waals surface area contributed by atoms with Crippen LogP contribution in [0.2, 0.25) is 0 Å². The molecule has 0 spiro atoms. The van der Waals surface area contributed by atoms with E-state index in [1.807, 2.05) is 11.8 Å². The average Bonchev–Trinajstić information content (AvgIpc) is 2.45. The minimum atomic E-state index is -0.424. The number of methoxy groups -OCH3 is 1. The molecule has 110 valence electrons. The zero-order chi connectivity index (χ0) is 14.7. The number of carbonyl (C=O) groups is 1. The molecule has 1 aromatic rings. The molecule has 0 saturated carbocycles. The Morgan fingerprint density at radius 1 is 1.55 bits per heavy atom. The van der Waals surface area contributed by atoms with Crippen LogP contribution < -0.4 is 10.6 Å². The molecule has 0 bridgehead atoms. The van der Waals surface area contributed by atoms with E-state index in [9.17, 15) is 9.90 Å². The summed E-state index contributed by atoms with van der Waals surface area (Å²) in [5.41, 5.74) is 7.43. The van der Waals surface area contributed by atoms with E-state index in [1.54, 1.807) is 18.2 Å². The van der Waals surface area contributed by atoms with Crippen molar-refractivity contribution in [3.05, 3.63) is 23.8 Å². The first kappa shape index (κ1) is 14.6. The molecule has 6 heteroatoms. The number of nitrogens with two attached hydrogens (primary N) is 1. The van der Waals surface area contributed by atoms with Crippen molar-refractivity contribution in [1.82, 2.24) is 0 Å². The second kappa shape index (κ2) is 6.11. The van der Waals surface area contributed by atoms with Gasteiger partial charge in [-0.2, -0.15) is 0 Å². The number of anilines is 2. The number of nitrogen functional groups attached to an aromatic ring is 1. The first-order valence-electron chi connectivity index (χ1n) is 6.54. The van der Waals surface area contributed by atoms with Crippen LogP contribution in [-0.4, -0.2) is 50.1 Å². The van der Waals surface area contributed by atoms with Gasteiger partial charge in [0.1, 0.15) is 0 Å². The standard InChI is InChI=1S/C14H20N2O4/c1-9-6-16(7-11(8-17)20-9)13-4-3-10(15)5-12(13)14(18)19-2/h3-5,9,11,17H,6-8,15H2,1-2H3. The maximum atomic E-state index is 11.9. The van der Waals surface area contributed by atoms with Crippen LogP contribution in [0.5, 0.6) is 0 Å². The third-order valence-corrected chi connectivity index (χ3v) is 3.30. The maximum Gasteiger partial charge on any atom is 0.340 e. The van der Waals surface area contributed by atoms with Crippen LogP contribution in [0, 0.1) is 0 Å². The van der Waals surface area contributed by atoms with Crippen LogP contribution in [-0.2, 0) is 9.47 Å². The summed E-state index contributed by atoms with van der Waals surface area (Å²) < 4.78 is 10.4. The summed E-state index contributed by atoms with van der Waals surface area (Å²) >= 11 is 0. The van der Waals surface area contributed by atoms with Crippen LogP contribution in [0.4, 0.5) is 11.4 Å². The van der Waals surface area contributed by atoms with Gasteiger partial charge in [-0.1, -0.05) is 0 Å². The first-order chi connectivity index (χ1) is 9.55. The van der Waals surface area contributed by atoms with E-state index in [1.165, 1.54) is 7.11 Å². The van der Waals surface area contributed by atoms with E-state index < -0.39 is 5.97 Å². The smallest absolute Gasteiger partial charge is 0.340 e. The number of carbonyl (C=O) groups excluding carboxylic acids is 1. The Kier molecular flexibility index (Phi) is 4.46. The van der Waals surface area contributed by atoms with Crippen molar-refractivity contribution in [2.45, 2.75) is 19.1 Å². The number of esters is 1. The van der Waals surface area contributed by atoms with Gasteiger partial charge in [0.25, 0.3) is 0 Å². The van der Waals surface area contributed by atoms with Crippen molar-refractivity contribution in [3.8, 4) is 0 Å². The molecule has 1 aliphatic rings. The monoisotopic (exact) mass is 280 g/mol. The van der Waals surface area contributed by atoms with Gasteiger partial charge in [0.2, 0.25) is 0 Å². The summed E-state index contributed by atoms with van der Waals surface area (Å²) in [4.78, 5) is 13.9. The molecule has 20 heavy (non-hydrogen) atoms. The minimum absolute atomic E-state index is 0.0241. The quantitative estimate of drug-likeness (QED) is 0.624. The van der Waals surface area contributed by atoms with E-state index >= 15 is 0 Å². The van der Waals surface area contributed by atoms with E-state index in [0.29, 0.717) is 24.3 Å². The number of benzene rings is 1. The highest BCUT2D eigenvalue weighted by Gasteiger charge is 2.27. The number of hydrogen-bond acceptors (Lipinski definition) is 6. The molecule has 1 saturated heterocycles. The van der Waals surface area contributed by atoms with Crippen molar-refractivity contribution in [3.63, 3.8) is 0 Å². The predicted molar refractivity (Wildman–Crippen MR) is 75.8 cm³/mol. The fourth-order valence-corrected chi connectivity index (χ4v) is 2.45. The number of hydrogen-bond donors (Lipinski definition) is 2. The van der Waals surface area contributed by atoms with Crippen LogP contribution in [0.25, 0.3) is 0 Å². The largest absolute Gasteiger partial charge is 0.465 e. The number of aliphatic hydroxyl groups is 1. The molecule has 6 nitrogen and oxygen atoms in total. The van der Waals surface area contributed by atoms with Crippen molar-refractivity contribution in [2.75, 3.05) is 37.4 Å². The Balaban J connectivity index is 2.33. The highest BCUT2D eigenvalue weighted by molar-refractivity contribution is 5.97. The van der Waals surface area contributed by atoms with Gasteiger partial charge in [0, 0.05) is 18.8 Å². The van der Waals surface area contributed by atoms with Gasteiger partial charge < -0.3 is 25.2 Å². The number of rotatable bonds is 3. The Hall–Kier alpha value is -1.79. The minimum Gasteiger partial charge on any atom is -0.465 e. The summed E-state index contributed by atoms with van der Waals surface area (Å²) in [5.74, 6) is -0.424. The van der Waals surface area contributed by atoms with Gasteiger partial charge >= 0.3 is 5.97 Å². The van der Waals surface area contributed by atoms with Crippen LogP contribution in [0.15, 0.2) is 18.2 Å². The molecule has 0 aliphatic carbocycles. The van der Waals surface area contributed by atoms with Crippen molar-refractivity contribution in [2.24, 2.45) is 0 Å². The van der Waals surface area contributed by atoms with E-state index in [-0.39, 0.29) is 18.8 Å². The Bertz CT molecular complexity index is 492. The number of nitrogens with zero attached hydrogens (tertiary/aromatic N) is 1.